The van der Waals surface area contributed by atoms with Crippen molar-refractivity contribution in [2.75, 3.05) is 31.6 Å². The Morgan fingerprint density at radius 1 is 1.00 bits per heavy atom. The highest BCUT2D eigenvalue weighted by atomic mass is 32.2. The molecule has 5 rings (SSSR count). The Balaban J connectivity index is 1.29. The number of sulfonamides is 1. The molecular formula is C24H22N4O6S. The van der Waals surface area contributed by atoms with Crippen LogP contribution in [0.4, 0.5) is 5.69 Å². The smallest absolute Gasteiger partial charge is 0.255 e. The third-order valence-corrected chi connectivity index (χ3v) is 7.45. The molecule has 35 heavy (non-hydrogen) atoms. The van der Waals surface area contributed by atoms with Gasteiger partial charge in [-0.15, -0.1) is 0 Å². The lowest BCUT2D eigenvalue weighted by molar-refractivity contribution is 0.0730. The number of hydrogen-bond acceptors (Lipinski definition) is 8. The van der Waals surface area contributed by atoms with Crippen LogP contribution in [0.15, 0.2) is 80.8 Å². The second-order valence-corrected chi connectivity index (χ2v) is 9.76. The van der Waals surface area contributed by atoms with Crippen molar-refractivity contribution in [2.45, 2.75) is 11.3 Å². The minimum Gasteiger partial charge on any atom is -0.461 e. The molecule has 0 radical (unpaired) electrons. The predicted molar refractivity (Wildman–Crippen MR) is 125 cm³/mol. The first-order valence-electron chi connectivity index (χ1n) is 10.9. The lowest BCUT2D eigenvalue weighted by atomic mass is 10.1. The van der Waals surface area contributed by atoms with E-state index >= 15 is 0 Å². The number of ether oxygens (including phenoxy) is 1. The van der Waals surface area contributed by atoms with Crippen LogP contribution in [0.25, 0.3) is 11.6 Å². The number of anilines is 1. The van der Waals surface area contributed by atoms with E-state index in [9.17, 15) is 13.2 Å². The van der Waals surface area contributed by atoms with Crippen LogP contribution in [0, 0.1) is 0 Å². The molecule has 0 bridgehead atoms. The maximum Gasteiger partial charge on any atom is 0.255 e. The first-order chi connectivity index (χ1) is 17.0. The maximum atomic E-state index is 12.9. The quantitative estimate of drug-likeness (QED) is 0.415. The topological polar surface area (TPSA) is 128 Å². The third-order valence-electron chi connectivity index (χ3n) is 5.54. The van der Waals surface area contributed by atoms with Gasteiger partial charge in [0, 0.05) is 24.3 Å². The second kappa shape index (κ2) is 9.82. The first-order valence-corrected chi connectivity index (χ1v) is 12.4. The number of aromatic nitrogens is 2. The predicted octanol–water partition coefficient (Wildman–Crippen LogP) is 3.19. The number of carbonyl (C=O) groups is 1. The van der Waals surface area contributed by atoms with Crippen molar-refractivity contribution in [1.82, 2.24) is 14.4 Å². The maximum absolute atomic E-state index is 12.9. The summed E-state index contributed by atoms with van der Waals surface area (Å²) in [5.41, 5.74) is 1.70. The molecule has 0 aliphatic carbocycles. The van der Waals surface area contributed by atoms with Crippen molar-refractivity contribution in [1.29, 1.82) is 0 Å². The summed E-state index contributed by atoms with van der Waals surface area (Å²) in [6.07, 6.45) is 1.83. The SMILES string of the molecule is O=C(Nc1ccccc1Cc1nc(-c2ccco2)no1)c1ccc(S(=O)(=O)N2CCOCC2)cc1. The Bertz CT molecular complexity index is 1410. The van der Waals surface area contributed by atoms with E-state index < -0.39 is 10.0 Å². The molecule has 0 atom stereocenters. The zero-order valence-corrected chi connectivity index (χ0v) is 19.4. The summed E-state index contributed by atoms with van der Waals surface area (Å²) < 4.78 is 42.8. The molecule has 11 heteroatoms. The highest BCUT2D eigenvalue weighted by molar-refractivity contribution is 7.89. The molecule has 1 amide bonds. The van der Waals surface area contributed by atoms with Crippen molar-refractivity contribution in [3.63, 3.8) is 0 Å². The number of nitrogens with zero attached hydrogens (tertiary/aromatic N) is 3. The lowest BCUT2D eigenvalue weighted by Crippen LogP contribution is -2.40. The fraction of sp³-hybridized carbons (Fsp3) is 0.208. The van der Waals surface area contributed by atoms with Gasteiger partial charge in [-0.25, -0.2) is 8.42 Å². The van der Waals surface area contributed by atoms with Gasteiger partial charge in [-0.05, 0) is 48.0 Å². The molecule has 1 fully saturated rings. The van der Waals surface area contributed by atoms with Crippen LogP contribution in [-0.4, -0.2) is 55.1 Å². The molecule has 180 valence electrons. The normalized spacial score (nSPS) is 14.6. The number of morpholine rings is 1. The highest BCUT2D eigenvalue weighted by Crippen LogP contribution is 2.23. The van der Waals surface area contributed by atoms with Crippen LogP contribution < -0.4 is 5.32 Å². The van der Waals surface area contributed by atoms with Gasteiger partial charge in [0.2, 0.25) is 21.7 Å². The van der Waals surface area contributed by atoms with E-state index in [4.69, 9.17) is 13.7 Å². The Kier molecular flexibility index (Phi) is 6.45. The molecule has 0 spiro atoms. The molecule has 0 unspecified atom stereocenters. The van der Waals surface area contributed by atoms with Crippen LogP contribution in [0.2, 0.25) is 0 Å². The van der Waals surface area contributed by atoms with Gasteiger partial charge in [-0.1, -0.05) is 23.4 Å². The number of para-hydroxylation sites is 1. The largest absolute Gasteiger partial charge is 0.461 e. The molecule has 1 N–H and O–H groups in total. The van der Waals surface area contributed by atoms with Gasteiger partial charge in [0.05, 0.1) is 30.8 Å². The molecule has 3 heterocycles. The highest BCUT2D eigenvalue weighted by Gasteiger charge is 2.26. The van der Waals surface area contributed by atoms with E-state index in [1.807, 2.05) is 12.1 Å². The van der Waals surface area contributed by atoms with Gasteiger partial charge in [0.15, 0.2) is 5.76 Å². The Morgan fingerprint density at radius 2 is 1.77 bits per heavy atom. The fourth-order valence-electron chi connectivity index (χ4n) is 3.70. The molecule has 1 aliphatic heterocycles. The fourth-order valence-corrected chi connectivity index (χ4v) is 5.11. The Hall–Kier alpha value is -3.80. The number of nitrogens with one attached hydrogen (secondary N) is 1. The van der Waals surface area contributed by atoms with E-state index in [0.29, 0.717) is 61.5 Å². The van der Waals surface area contributed by atoms with Gasteiger partial charge in [0.1, 0.15) is 0 Å². The summed E-state index contributed by atoms with van der Waals surface area (Å²) in [5.74, 6) is 0.852. The summed E-state index contributed by atoms with van der Waals surface area (Å²) in [6.45, 7) is 1.36. The van der Waals surface area contributed by atoms with Gasteiger partial charge in [-0.2, -0.15) is 9.29 Å². The van der Waals surface area contributed by atoms with Gasteiger partial charge < -0.3 is 19.0 Å². The lowest BCUT2D eigenvalue weighted by Gasteiger charge is -2.26. The van der Waals surface area contributed by atoms with Crippen molar-refractivity contribution < 1.29 is 26.9 Å². The van der Waals surface area contributed by atoms with Crippen LogP contribution in [0.5, 0.6) is 0 Å². The number of carbonyl (C=O) groups excluding carboxylic acids is 1. The standard InChI is InChI=1S/C24H22N4O6S/c29-24(17-7-9-19(10-8-17)35(30,31)28-11-14-32-15-12-28)25-20-5-2-1-4-18(20)16-22-26-23(27-34-22)21-6-3-13-33-21/h1-10,13H,11-12,14-16H2,(H,25,29). The van der Waals surface area contributed by atoms with Crippen LogP contribution in [0.3, 0.4) is 0 Å². The summed E-state index contributed by atoms with van der Waals surface area (Å²) in [6, 6.07) is 16.6. The van der Waals surface area contributed by atoms with Crippen molar-refractivity contribution in [3.05, 3.63) is 83.9 Å². The Labute approximate surface area is 201 Å². The van der Waals surface area contributed by atoms with E-state index in [1.165, 1.54) is 34.8 Å². The molecule has 10 nitrogen and oxygen atoms in total. The molecule has 0 saturated carbocycles. The third kappa shape index (κ3) is 5.02. The van der Waals surface area contributed by atoms with E-state index in [1.54, 1.807) is 24.3 Å². The van der Waals surface area contributed by atoms with E-state index in [0.717, 1.165) is 5.56 Å². The number of hydrogen-bond donors (Lipinski definition) is 1. The average Bonchev–Trinajstić information content (AvgIpc) is 3.58. The minimum atomic E-state index is -3.63. The summed E-state index contributed by atoms with van der Waals surface area (Å²) in [4.78, 5) is 17.4. The molecule has 1 saturated heterocycles. The average molecular weight is 495 g/mol. The van der Waals surface area contributed by atoms with Crippen molar-refractivity contribution in [2.24, 2.45) is 0 Å². The van der Waals surface area contributed by atoms with Crippen LogP contribution >= 0.6 is 0 Å². The second-order valence-electron chi connectivity index (χ2n) is 7.82. The summed E-state index contributed by atoms with van der Waals surface area (Å²) in [5, 5.41) is 6.81. The van der Waals surface area contributed by atoms with Crippen molar-refractivity contribution in [3.8, 4) is 11.6 Å². The minimum absolute atomic E-state index is 0.139. The molecule has 4 aromatic rings. The summed E-state index contributed by atoms with van der Waals surface area (Å²) in [7, 11) is -3.63. The zero-order chi connectivity index (χ0) is 24.3. The molecular weight excluding hydrogens is 472 g/mol. The van der Waals surface area contributed by atoms with Gasteiger partial charge in [0.25, 0.3) is 5.91 Å². The zero-order valence-electron chi connectivity index (χ0n) is 18.6. The molecule has 2 aromatic heterocycles. The van der Waals surface area contributed by atoms with Crippen LogP contribution in [-0.2, 0) is 21.2 Å². The number of rotatable bonds is 7. The molecule has 1 aliphatic rings. The number of amides is 1. The Morgan fingerprint density at radius 3 is 2.51 bits per heavy atom. The molecule has 2 aromatic carbocycles. The summed E-state index contributed by atoms with van der Waals surface area (Å²) >= 11 is 0. The van der Waals surface area contributed by atoms with Crippen LogP contribution in [0.1, 0.15) is 21.8 Å². The van der Waals surface area contributed by atoms with Crippen molar-refractivity contribution >= 4 is 21.6 Å². The first kappa shape index (κ1) is 23.0. The van der Waals surface area contributed by atoms with E-state index in [-0.39, 0.29) is 10.8 Å². The number of furan rings is 1. The van der Waals surface area contributed by atoms with Gasteiger partial charge in [-0.3, -0.25) is 4.79 Å². The number of benzene rings is 2. The monoisotopic (exact) mass is 494 g/mol. The van der Waals surface area contributed by atoms with Gasteiger partial charge >= 0.3 is 0 Å². The van der Waals surface area contributed by atoms with E-state index in [2.05, 4.69) is 15.5 Å².